The molecule has 0 unspecified atom stereocenters. The lowest BCUT2D eigenvalue weighted by Crippen LogP contribution is -2.38. The summed E-state index contributed by atoms with van der Waals surface area (Å²) in [4.78, 5) is 14.5. The highest BCUT2D eigenvalue weighted by molar-refractivity contribution is 7.89. The van der Waals surface area contributed by atoms with Gasteiger partial charge in [-0.05, 0) is 48.9 Å². The number of primary sulfonamides is 1. The van der Waals surface area contributed by atoms with Crippen LogP contribution in [-0.2, 0) is 21.4 Å². The number of hydrogen-bond acceptors (Lipinski definition) is 6. The molecule has 1 aliphatic rings. The highest BCUT2D eigenvalue weighted by Crippen LogP contribution is 2.38. The molecule has 1 amide bonds. The molecule has 5 N–H and O–H groups in total. The van der Waals surface area contributed by atoms with Gasteiger partial charge < -0.3 is 10.5 Å². The van der Waals surface area contributed by atoms with Crippen LogP contribution in [0.25, 0.3) is 16.8 Å². The summed E-state index contributed by atoms with van der Waals surface area (Å²) in [6, 6.07) is 20.7. The van der Waals surface area contributed by atoms with E-state index in [2.05, 4.69) is 5.10 Å². The first-order chi connectivity index (χ1) is 17.6. The number of benzene rings is 3. The van der Waals surface area contributed by atoms with Gasteiger partial charge in [-0.3, -0.25) is 15.1 Å². The van der Waals surface area contributed by atoms with Gasteiger partial charge in [0.1, 0.15) is 11.6 Å². The van der Waals surface area contributed by atoms with E-state index < -0.39 is 10.0 Å². The number of ether oxygens (including phenoxy) is 1. The zero-order valence-corrected chi connectivity index (χ0v) is 20.7. The number of amides is 1. The van der Waals surface area contributed by atoms with Crippen LogP contribution in [0.3, 0.4) is 0 Å². The zero-order chi connectivity index (χ0) is 26.3. The number of nitrogens with two attached hydrogens (primary N) is 2. The molecule has 0 spiro atoms. The number of fused-ring (bicyclic) bond motifs is 1. The standard InChI is InChI=1S/C26H24N6O4S/c1-16-11-20(32(30-16)19-6-4-5-18(12-19)26(27)28)14-31-22-10-9-17(13-23(22)36-15-25(31)33)21-7-2-3-8-24(21)37(29,34)35/h2-13H,14-15H2,1H3,(H3,27,28)(H2,29,34,35). The summed E-state index contributed by atoms with van der Waals surface area (Å²) in [5.41, 5.74) is 10.0. The van der Waals surface area contributed by atoms with Crippen molar-refractivity contribution in [3.8, 4) is 22.6 Å². The summed E-state index contributed by atoms with van der Waals surface area (Å²) in [5, 5.41) is 17.7. The Hall–Kier alpha value is -4.48. The number of carbonyl (C=O) groups is 1. The molecule has 3 aromatic carbocycles. The quantitative estimate of drug-likeness (QED) is 0.264. The number of hydrogen-bond donors (Lipinski definition) is 3. The summed E-state index contributed by atoms with van der Waals surface area (Å²) in [6.45, 7) is 1.91. The van der Waals surface area contributed by atoms with Gasteiger partial charge in [0.05, 0.1) is 34.2 Å². The second kappa shape index (κ2) is 9.19. The van der Waals surface area contributed by atoms with E-state index in [4.69, 9.17) is 21.0 Å². The molecule has 0 saturated carbocycles. The van der Waals surface area contributed by atoms with Gasteiger partial charge in [0, 0.05) is 11.1 Å². The van der Waals surface area contributed by atoms with Gasteiger partial charge in [-0.2, -0.15) is 5.10 Å². The van der Waals surface area contributed by atoms with E-state index in [9.17, 15) is 13.2 Å². The fourth-order valence-electron chi connectivity index (χ4n) is 4.36. The molecule has 0 saturated heterocycles. The average molecular weight is 517 g/mol. The van der Waals surface area contributed by atoms with Crippen LogP contribution in [0, 0.1) is 12.3 Å². The third-order valence-corrected chi connectivity index (χ3v) is 7.00. The molecule has 0 bridgehead atoms. The Morgan fingerprint density at radius 1 is 1.08 bits per heavy atom. The molecule has 1 aromatic heterocycles. The van der Waals surface area contributed by atoms with Crippen molar-refractivity contribution in [2.75, 3.05) is 11.5 Å². The van der Waals surface area contributed by atoms with Gasteiger partial charge in [0.15, 0.2) is 6.61 Å². The predicted octanol–water partition coefficient (Wildman–Crippen LogP) is 2.70. The van der Waals surface area contributed by atoms with E-state index in [1.807, 2.05) is 19.1 Å². The molecular weight excluding hydrogens is 492 g/mol. The number of aryl methyl sites for hydroxylation is 1. The van der Waals surface area contributed by atoms with Crippen LogP contribution < -0.4 is 20.5 Å². The van der Waals surface area contributed by atoms with Gasteiger partial charge in [-0.15, -0.1) is 0 Å². The third kappa shape index (κ3) is 4.69. The molecule has 1 aliphatic heterocycles. The molecular formula is C26H24N6O4S. The van der Waals surface area contributed by atoms with Crippen LogP contribution in [-0.4, -0.2) is 36.5 Å². The number of nitrogen functional groups attached to an aromatic ring is 1. The molecule has 0 fully saturated rings. The number of sulfonamides is 1. The maximum atomic E-state index is 12.9. The summed E-state index contributed by atoms with van der Waals surface area (Å²) in [7, 11) is -3.94. The lowest BCUT2D eigenvalue weighted by molar-refractivity contribution is -0.121. The van der Waals surface area contributed by atoms with E-state index in [-0.39, 0.29) is 29.8 Å². The summed E-state index contributed by atoms with van der Waals surface area (Å²) in [5.74, 6) is 0.167. The maximum Gasteiger partial charge on any atom is 0.265 e. The fourth-order valence-corrected chi connectivity index (χ4v) is 5.12. The first-order valence-electron chi connectivity index (χ1n) is 11.3. The van der Waals surface area contributed by atoms with E-state index in [0.29, 0.717) is 33.8 Å². The Labute approximate surface area is 213 Å². The lowest BCUT2D eigenvalue weighted by atomic mass is 10.0. The molecule has 11 heteroatoms. The van der Waals surface area contributed by atoms with Crippen molar-refractivity contribution in [2.24, 2.45) is 10.9 Å². The molecule has 0 radical (unpaired) electrons. The first-order valence-corrected chi connectivity index (χ1v) is 12.9. The SMILES string of the molecule is Cc1cc(CN2C(=O)COc3cc(-c4ccccc4S(N)(=O)=O)ccc32)n(-c2cccc(C(=N)N)c2)n1. The molecule has 0 atom stereocenters. The minimum Gasteiger partial charge on any atom is -0.482 e. The molecule has 2 heterocycles. The molecule has 5 rings (SSSR count). The van der Waals surface area contributed by atoms with Gasteiger partial charge in [0.25, 0.3) is 5.91 Å². The number of nitrogens with zero attached hydrogens (tertiary/aromatic N) is 3. The second-order valence-corrected chi connectivity index (χ2v) is 10.2. The number of nitrogens with one attached hydrogen (secondary N) is 1. The minimum absolute atomic E-state index is 0.00543. The van der Waals surface area contributed by atoms with Crippen LogP contribution in [0.5, 0.6) is 5.75 Å². The van der Waals surface area contributed by atoms with Crippen molar-refractivity contribution in [2.45, 2.75) is 18.4 Å². The molecule has 4 aromatic rings. The number of carbonyl (C=O) groups excluding carboxylic acids is 1. The van der Waals surface area contributed by atoms with Gasteiger partial charge in [-0.25, -0.2) is 18.2 Å². The number of anilines is 1. The molecule has 188 valence electrons. The van der Waals surface area contributed by atoms with Gasteiger partial charge in [-0.1, -0.05) is 36.4 Å². The Morgan fingerprint density at radius 2 is 1.86 bits per heavy atom. The van der Waals surface area contributed by atoms with Crippen LogP contribution in [0.15, 0.2) is 77.7 Å². The molecule has 0 aliphatic carbocycles. The zero-order valence-electron chi connectivity index (χ0n) is 19.9. The van der Waals surface area contributed by atoms with Crippen molar-refractivity contribution < 1.29 is 17.9 Å². The summed E-state index contributed by atoms with van der Waals surface area (Å²) < 4.78 is 31.6. The topological polar surface area (TPSA) is 157 Å². The lowest BCUT2D eigenvalue weighted by Gasteiger charge is -2.30. The molecule has 37 heavy (non-hydrogen) atoms. The predicted molar refractivity (Wildman–Crippen MR) is 139 cm³/mol. The van der Waals surface area contributed by atoms with Gasteiger partial charge in [0.2, 0.25) is 10.0 Å². The Morgan fingerprint density at radius 3 is 2.62 bits per heavy atom. The van der Waals surface area contributed by atoms with Crippen molar-refractivity contribution >= 4 is 27.5 Å². The van der Waals surface area contributed by atoms with Crippen molar-refractivity contribution in [3.63, 3.8) is 0 Å². The largest absolute Gasteiger partial charge is 0.482 e. The third-order valence-electron chi connectivity index (χ3n) is 6.03. The van der Waals surface area contributed by atoms with Crippen LogP contribution in [0.1, 0.15) is 17.0 Å². The summed E-state index contributed by atoms with van der Waals surface area (Å²) >= 11 is 0. The average Bonchev–Trinajstić information content (AvgIpc) is 3.25. The Balaban J connectivity index is 1.53. The smallest absolute Gasteiger partial charge is 0.265 e. The highest BCUT2D eigenvalue weighted by Gasteiger charge is 2.28. The first kappa shape index (κ1) is 24.2. The Bertz CT molecular complexity index is 1660. The highest BCUT2D eigenvalue weighted by atomic mass is 32.2. The van der Waals surface area contributed by atoms with Crippen LogP contribution in [0.2, 0.25) is 0 Å². The fraction of sp³-hybridized carbons (Fsp3) is 0.115. The van der Waals surface area contributed by atoms with Crippen LogP contribution in [0.4, 0.5) is 5.69 Å². The molecule has 10 nitrogen and oxygen atoms in total. The summed E-state index contributed by atoms with van der Waals surface area (Å²) in [6.07, 6.45) is 0. The maximum absolute atomic E-state index is 12.9. The monoisotopic (exact) mass is 516 g/mol. The van der Waals surface area contributed by atoms with Crippen LogP contribution >= 0.6 is 0 Å². The van der Waals surface area contributed by atoms with Gasteiger partial charge >= 0.3 is 0 Å². The number of rotatable bonds is 6. The van der Waals surface area contributed by atoms with Crippen molar-refractivity contribution in [3.05, 3.63) is 89.7 Å². The number of aromatic nitrogens is 2. The van der Waals surface area contributed by atoms with Crippen molar-refractivity contribution in [1.82, 2.24) is 9.78 Å². The van der Waals surface area contributed by atoms with E-state index >= 15 is 0 Å². The van der Waals surface area contributed by atoms with Crippen molar-refractivity contribution in [1.29, 1.82) is 5.41 Å². The Kier molecular flexibility index (Phi) is 6.02. The second-order valence-electron chi connectivity index (χ2n) is 8.65. The van der Waals surface area contributed by atoms with E-state index in [1.165, 1.54) is 6.07 Å². The normalized spacial score (nSPS) is 13.2. The van der Waals surface area contributed by atoms with E-state index in [0.717, 1.165) is 11.4 Å². The minimum atomic E-state index is -3.94. The number of amidine groups is 1. The van der Waals surface area contributed by atoms with E-state index in [1.54, 1.807) is 64.2 Å².